The van der Waals surface area contributed by atoms with Gasteiger partial charge in [0, 0.05) is 42.9 Å². The summed E-state index contributed by atoms with van der Waals surface area (Å²) in [6, 6.07) is 4.82. The first-order chi connectivity index (χ1) is 16.2. The summed E-state index contributed by atoms with van der Waals surface area (Å²) in [5, 5.41) is 12.5. The Hall–Kier alpha value is -2.92. The fourth-order valence-corrected chi connectivity index (χ4v) is 4.46. The maximum absolute atomic E-state index is 13.7. The fourth-order valence-electron chi connectivity index (χ4n) is 3.59. The third kappa shape index (κ3) is 5.25. The van der Waals surface area contributed by atoms with Crippen LogP contribution in [0.2, 0.25) is 5.15 Å². The molecule has 0 bridgehead atoms. The van der Waals surface area contributed by atoms with Crippen molar-refractivity contribution in [3.05, 3.63) is 47.3 Å². The molecule has 0 aromatic carbocycles. The third-order valence-electron chi connectivity index (χ3n) is 5.29. The summed E-state index contributed by atoms with van der Waals surface area (Å²) >= 11 is 4.76. The molecule has 0 amide bonds. The molecule has 1 unspecified atom stereocenters. The average Bonchev–Trinajstić information content (AvgIpc) is 3.28. The van der Waals surface area contributed by atoms with Gasteiger partial charge in [-0.15, -0.1) is 4.31 Å². The quantitative estimate of drug-likeness (QED) is 0.409. The normalized spacial score (nSPS) is 16.3. The Kier molecular flexibility index (Phi) is 6.94. The second kappa shape index (κ2) is 9.75. The van der Waals surface area contributed by atoms with Gasteiger partial charge in [-0.2, -0.15) is 18.4 Å². The lowest BCUT2D eigenvalue weighted by Gasteiger charge is -2.31. The van der Waals surface area contributed by atoms with Crippen LogP contribution in [0.3, 0.4) is 0 Å². The van der Waals surface area contributed by atoms with Crippen LogP contribution in [0.15, 0.2) is 30.9 Å². The van der Waals surface area contributed by atoms with E-state index in [1.165, 1.54) is 29.2 Å². The lowest BCUT2D eigenvalue weighted by Crippen LogP contribution is -2.42. The molecule has 0 spiro atoms. The predicted octanol–water partition coefficient (Wildman–Crippen LogP) is 3.44. The van der Waals surface area contributed by atoms with Crippen LogP contribution in [0, 0.1) is 11.3 Å². The number of nitrogens with zero attached hydrogens (tertiary/aromatic N) is 7. The Morgan fingerprint density at radius 2 is 1.97 bits per heavy atom. The number of imidazole rings is 1. The number of aromatic nitrogens is 5. The zero-order chi connectivity index (χ0) is 24.5. The van der Waals surface area contributed by atoms with Gasteiger partial charge in [0.25, 0.3) is 0 Å². The molecule has 4 rings (SSSR count). The molecule has 0 radical (unpaired) electrons. The van der Waals surface area contributed by atoms with Crippen LogP contribution >= 0.6 is 11.6 Å². The minimum Gasteiger partial charge on any atom is -0.598 e. The van der Waals surface area contributed by atoms with Crippen molar-refractivity contribution < 1.29 is 17.7 Å². The van der Waals surface area contributed by atoms with E-state index in [4.69, 9.17) is 11.6 Å². The van der Waals surface area contributed by atoms with Gasteiger partial charge in [-0.25, -0.2) is 19.9 Å². The Balaban J connectivity index is 1.64. The zero-order valence-electron chi connectivity index (χ0n) is 17.8. The molecular formula is C20H18ClF3N8OS. The van der Waals surface area contributed by atoms with Crippen LogP contribution in [0.25, 0.3) is 17.1 Å². The summed E-state index contributed by atoms with van der Waals surface area (Å²) in [7, 11) is 0. The SMILES string of the molecule is C[S+]([O-])N1CCC(Nc2ncc(C(F)(F)F)c(-c3cn(-c4ccc(Cl)nc4C#N)cn3)n2)CC1. The molecule has 4 heterocycles. The van der Waals surface area contributed by atoms with Crippen LogP contribution in [0.5, 0.6) is 0 Å². The molecule has 0 saturated carbocycles. The predicted molar refractivity (Wildman–Crippen MR) is 119 cm³/mol. The molecule has 14 heteroatoms. The van der Waals surface area contributed by atoms with Crippen LogP contribution in [-0.4, -0.2) is 58.7 Å². The van der Waals surface area contributed by atoms with E-state index in [0.29, 0.717) is 31.6 Å². The topological polar surface area (TPSA) is 119 Å². The Labute approximate surface area is 200 Å². The van der Waals surface area contributed by atoms with Crippen molar-refractivity contribution in [2.75, 3.05) is 24.7 Å². The first kappa shape index (κ1) is 24.2. The molecule has 34 heavy (non-hydrogen) atoms. The summed E-state index contributed by atoms with van der Waals surface area (Å²) in [6.45, 7) is 1.18. The number of rotatable bonds is 5. The van der Waals surface area contributed by atoms with Crippen molar-refractivity contribution in [3.63, 3.8) is 0 Å². The lowest BCUT2D eigenvalue weighted by molar-refractivity contribution is -0.137. The van der Waals surface area contributed by atoms with Gasteiger partial charge >= 0.3 is 6.18 Å². The number of halogens is 4. The van der Waals surface area contributed by atoms with E-state index in [2.05, 4.69) is 25.3 Å². The molecular weight excluding hydrogens is 493 g/mol. The number of anilines is 1. The van der Waals surface area contributed by atoms with Crippen LogP contribution < -0.4 is 5.32 Å². The van der Waals surface area contributed by atoms with Crippen molar-refractivity contribution in [3.8, 4) is 23.1 Å². The van der Waals surface area contributed by atoms with Gasteiger partial charge in [-0.1, -0.05) is 11.6 Å². The van der Waals surface area contributed by atoms with Crippen molar-refractivity contribution in [1.82, 2.24) is 28.8 Å². The van der Waals surface area contributed by atoms with Crippen molar-refractivity contribution in [2.24, 2.45) is 0 Å². The van der Waals surface area contributed by atoms with Gasteiger partial charge in [0.05, 0.1) is 5.69 Å². The van der Waals surface area contributed by atoms with E-state index >= 15 is 0 Å². The largest absolute Gasteiger partial charge is 0.598 e. The smallest absolute Gasteiger partial charge is 0.420 e. The standard InChI is InChI=1S/C20H18ClF3N8OS/c1-34(33)32-6-4-12(5-7-32)28-19-26-9-13(20(22,23)24)18(30-19)15-10-31(11-27-15)16-2-3-17(21)29-14(16)8-25/h2-3,9-12H,4-7H2,1H3,(H,26,28,30). The average molecular weight is 511 g/mol. The second-order valence-electron chi connectivity index (χ2n) is 7.50. The van der Waals surface area contributed by atoms with Gasteiger partial charge in [0.1, 0.15) is 40.8 Å². The molecule has 1 saturated heterocycles. The Morgan fingerprint density at radius 3 is 2.62 bits per heavy atom. The summed E-state index contributed by atoms with van der Waals surface area (Å²) in [4.78, 5) is 16.0. The molecule has 9 nitrogen and oxygen atoms in total. The third-order valence-corrected chi connectivity index (χ3v) is 6.60. The molecule has 3 aromatic heterocycles. The Morgan fingerprint density at radius 1 is 1.24 bits per heavy atom. The molecule has 1 aliphatic rings. The minimum atomic E-state index is -4.70. The fraction of sp³-hybridized carbons (Fsp3) is 0.350. The molecule has 1 fully saturated rings. The van der Waals surface area contributed by atoms with Gasteiger partial charge < -0.3 is 14.4 Å². The second-order valence-corrected chi connectivity index (χ2v) is 9.26. The minimum absolute atomic E-state index is 0.00288. The highest BCUT2D eigenvalue weighted by Gasteiger charge is 2.36. The molecule has 1 N–H and O–H groups in total. The molecule has 1 aliphatic heterocycles. The maximum atomic E-state index is 13.7. The highest BCUT2D eigenvalue weighted by atomic mass is 35.5. The lowest BCUT2D eigenvalue weighted by atomic mass is 10.1. The van der Waals surface area contributed by atoms with Gasteiger partial charge in [0.15, 0.2) is 5.69 Å². The number of nitrogens with one attached hydrogen (secondary N) is 1. The van der Waals surface area contributed by atoms with E-state index in [1.54, 1.807) is 6.26 Å². The summed E-state index contributed by atoms with van der Waals surface area (Å²) < 4.78 is 55.9. The van der Waals surface area contributed by atoms with E-state index in [0.717, 1.165) is 6.20 Å². The van der Waals surface area contributed by atoms with Crippen molar-refractivity contribution in [1.29, 1.82) is 5.26 Å². The molecule has 178 valence electrons. The maximum Gasteiger partial charge on any atom is 0.420 e. The summed E-state index contributed by atoms with van der Waals surface area (Å²) in [5.41, 5.74) is -1.16. The van der Waals surface area contributed by atoms with Gasteiger partial charge in [-0.05, 0) is 25.0 Å². The van der Waals surface area contributed by atoms with Crippen LogP contribution in [0.1, 0.15) is 24.1 Å². The van der Waals surface area contributed by atoms with E-state index < -0.39 is 28.8 Å². The van der Waals surface area contributed by atoms with Crippen molar-refractivity contribution in [2.45, 2.75) is 25.1 Å². The number of alkyl halides is 3. The van der Waals surface area contributed by atoms with E-state index in [9.17, 15) is 23.0 Å². The number of piperidine rings is 1. The van der Waals surface area contributed by atoms with Crippen LogP contribution in [0.4, 0.5) is 19.1 Å². The zero-order valence-corrected chi connectivity index (χ0v) is 19.3. The summed E-state index contributed by atoms with van der Waals surface area (Å²) in [5.74, 6) is 0.0412. The highest BCUT2D eigenvalue weighted by molar-refractivity contribution is 7.88. The number of nitriles is 1. The number of hydrogen-bond acceptors (Lipinski definition) is 8. The van der Waals surface area contributed by atoms with E-state index in [-0.39, 0.29) is 28.5 Å². The molecule has 0 aliphatic carbocycles. The number of hydrogen-bond donors (Lipinski definition) is 1. The molecule has 1 atom stereocenters. The summed E-state index contributed by atoms with van der Waals surface area (Å²) in [6.07, 6.45) is 1.54. The highest BCUT2D eigenvalue weighted by Crippen LogP contribution is 2.36. The first-order valence-electron chi connectivity index (χ1n) is 10.1. The first-order valence-corrected chi connectivity index (χ1v) is 12.0. The van der Waals surface area contributed by atoms with Gasteiger partial charge in [0.2, 0.25) is 5.95 Å². The van der Waals surface area contributed by atoms with Gasteiger partial charge in [-0.3, -0.25) is 0 Å². The number of pyridine rings is 1. The molecule has 3 aromatic rings. The van der Waals surface area contributed by atoms with Crippen molar-refractivity contribution >= 4 is 28.9 Å². The van der Waals surface area contributed by atoms with E-state index in [1.807, 2.05) is 10.4 Å². The Bertz CT molecular complexity index is 1220. The monoisotopic (exact) mass is 510 g/mol. The van der Waals surface area contributed by atoms with Crippen LogP contribution in [-0.2, 0) is 17.5 Å².